The Morgan fingerprint density at radius 2 is 2.19 bits per heavy atom. The van der Waals surface area contributed by atoms with Gasteiger partial charge in [-0.25, -0.2) is 14.2 Å². The van der Waals surface area contributed by atoms with E-state index >= 15 is 0 Å². The smallest absolute Gasteiger partial charge is 0.410 e. The number of nitrogens with one attached hydrogen (secondary N) is 2. The first-order valence-electron chi connectivity index (χ1n) is 10.1. The molecule has 11 heteroatoms. The third-order valence-corrected chi connectivity index (χ3v) is 6.36. The van der Waals surface area contributed by atoms with Gasteiger partial charge in [0.1, 0.15) is 18.0 Å². The molecule has 8 nitrogen and oxygen atoms in total. The third-order valence-electron chi connectivity index (χ3n) is 5.59. The summed E-state index contributed by atoms with van der Waals surface area (Å²) in [5, 5.41) is 16.3. The summed E-state index contributed by atoms with van der Waals surface area (Å²) in [6.07, 6.45) is 0.0489. The van der Waals surface area contributed by atoms with Crippen LogP contribution in [0.3, 0.4) is 0 Å². The van der Waals surface area contributed by atoms with Crippen LogP contribution in [0.1, 0.15) is 45.4 Å². The maximum atomic E-state index is 14.5. The Hall–Kier alpha value is -1.62. The van der Waals surface area contributed by atoms with E-state index in [4.69, 9.17) is 21.1 Å². The molecule has 31 heavy (non-hydrogen) atoms. The topological polar surface area (TPSA) is 95.4 Å². The molecule has 1 unspecified atom stereocenters. The van der Waals surface area contributed by atoms with E-state index in [0.29, 0.717) is 6.54 Å². The van der Waals surface area contributed by atoms with E-state index in [1.54, 1.807) is 0 Å². The standard InChI is InChI=1S/C20H25BrClFN4O4/c1-20(2,3)31-19(29)27-9-4-5-12(27)11(24-7-9)8-30-13-6-10(21)15(23)16-14(13)17(28)26-18(22)25-16/h6,9,11-12,17,24,28H,4-5,7-8H2,1-3H3,(H,25,26)/t9-,11-,12+,17?/m1/s1. The van der Waals surface area contributed by atoms with Crippen molar-refractivity contribution in [3.63, 3.8) is 0 Å². The number of hydrogen-bond donors (Lipinski definition) is 3. The Morgan fingerprint density at radius 3 is 2.90 bits per heavy atom. The molecule has 0 radical (unpaired) electrons. The lowest BCUT2D eigenvalue weighted by atomic mass is 10.1. The Morgan fingerprint density at radius 1 is 1.45 bits per heavy atom. The average molecular weight is 520 g/mol. The molecule has 4 rings (SSSR count). The summed E-state index contributed by atoms with van der Waals surface area (Å²) in [5.74, 6) is -0.318. The van der Waals surface area contributed by atoms with Crippen molar-refractivity contribution in [2.24, 2.45) is 4.99 Å². The molecule has 0 aromatic heterocycles. The lowest BCUT2D eigenvalue weighted by Gasteiger charge is -2.41. The first kappa shape index (κ1) is 22.6. The van der Waals surface area contributed by atoms with Gasteiger partial charge in [-0.15, -0.1) is 0 Å². The second kappa shape index (κ2) is 8.38. The van der Waals surface area contributed by atoms with Gasteiger partial charge in [0, 0.05) is 12.6 Å². The molecule has 170 valence electrons. The van der Waals surface area contributed by atoms with Gasteiger partial charge >= 0.3 is 6.09 Å². The number of rotatable bonds is 3. The van der Waals surface area contributed by atoms with Crippen LogP contribution >= 0.6 is 27.5 Å². The first-order valence-corrected chi connectivity index (χ1v) is 11.3. The molecule has 2 bridgehead atoms. The van der Waals surface area contributed by atoms with Gasteiger partial charge in [0.15, 0.2) is 17.3 Å². The Kier molecular flexibility index (Phi) is 6.10. The average Bonchev–Trinajstić information content (AvgIpc) is 2.98. The molecule has 1 aromatic carbocycles. The second-order valence-electron chi connectivity index (χ2n) is 8.89. The second-order valence-corrected chi connectivity index (χ2v) is 10.1. The molecule has 0 spiro atoms. The fourth-order valence-corrected chi connectivity index (χ4v) is 4.90. The van der Waals surface area contributed by atoms with Gasteiger partial charge < -0.3 is 25.2 Å². The van der Waals surface area contributed by atoms with Crippen molar-refractivity contribution in [2.75, 3.05) is 18.5 Å². The molecular weight excluding hydrogens is 495 g/mol. The number of aliphatic hydroxyl groups is 1. The van der Waals surface area contributed by atoms with Crippen LogP contribution in [0.15, 0.2) is 15.5 Å². The predicted octanol–water partition coefficient (Wildman–Crippen LogP) is 3.72. The van der Waals surface area contributed by atoms with E-state index < -0.39 is 17.6 Å². The van der Waals surface area contributed by atoms with Gasteiger partial charge in [-0.1, -0.05) is 0 Å². The minimum absolute atomic E-state index is 0.0183. The summed E-state index contributed by atoms with van der Waals surface area (Å²) in [4.78, 5) is 18.4. The molecule has 3 N–H and O–H groups in total. The number of piperazine rings is 1. The van der Waals surface area contributed by atoms with Crippen molar-refractivity contribution in [1.29, 1.82) is 0 Å². The fraction of sp³-hybridized carbons (Fsp3) is 0.600. The van der Waals surface area contributed by atoms with Crippen LogP contribution in [0, 0.1) is 5.82 Å². The fourth-order valence-electron chi connectivity index (χ4n) is 4.30. The molecule has 4 atom stereocenters. The molecule has 1 aromatic rings. The van der Waals surface area contributed by atoms with E-state index in [9.17, 15) is 14.3 Å². The van der Waals surface area contributed by atoms with Crippen LogP contribution in [-0.2, 0) is 4.74 Å². The molecule has 3 aliphatic heterocycles. The number of nitrogens with zero attached hydrogens (tertiary/aromatic N) is 2. The van der Waals surface area contributed by atoms with Crippen LogP contribution in [0.2, 0.25) is 0 Å². The van der Waals surface area contributed by atoms with Crippen LogP contribution < -0.4 is 15.4 Å². The molecule has 1 amide bonds. The molecule has 0 aliphatic carbocycles. The minimum Gasteiger partial charge on any atom is -0.491 e. The van der Waals surface area contributed by atoms with Gasteiger partial charge in [-0.05, 0) is 67.2 Å². The van der Waals surface area contributed by atoms with Gasteiger partial charge in [0.2, 0.25) is 0 Å². The number of anilines is 1. The highest BCUT2D eigenvalue weighted by atomic mass is 79.9. The van der Waals surface area contributed by atoms with Gasteiger partial charge in [-0.2, -0.15) is 0 Å². The number of carbonyl (C=O) groups is 1. The SMILES string of the molecule is CC(C)(C)OC(=O)N1[C@@H]2CC[C@H]1[C@@H](COc1cc(Br)c(F)c3c1C(O)N=C(Cl)N3)NC2. The minimum atomic E-state index is -1.35. The van der Waals surface area contributed by atoms with E-state index in [2.05, 4.69) is 31.6 Å². The lowest BCUT2D eigenvalue weighted by molar-refractivity contribution is 0.00115. The molecule has 0 saturated carbocycles. The van der Waals surface area contributed by atoms with Gasteiger partial charge in [0.25, 0.3) is 0 Å². The lowest BCUT2D eigenvalue weighted by Crippen LogP contribution is -2.61. The number of benzene rings is 1. The zero-order valence-electron chi connectivity index (χ0n) is 17.4. The monoisotopic (exact) mass is 518 g/mol. The highest BCUT2D eigenvalue weighted by molar-refractivity contribution is 9.10. The summed E-state index contributed by atoms with van der Waals surface area (Å²) < 4.78 is 26.3. The highest BCUT2D eigenvalue weighted by Gasteiger charge is 2.46. The molecule has 2 saturated heterocycles. The number of aliphatic imine (C=N–C) groups is 1. The van der Waals surface area contributed by atoms with Crippen molar-refractivity contribution in [2.45, 2.75) is 63.6 Å². The number of hydrogen-bond acceptors (Lipinski definition) is 7. The van der Waals surface area contributed by atoms with Crippen molar-refractivity contribution in [1.82, 2.24) is 10.2 Å². The molecule has 3 aliphatic rings. The molecule has 3 heterocycles. The quantitative estimate of drug-likeness (QED) is 0.527. The number of fused-ring (bicyclic) bond motifs is 3. The predicted molar refractivity (Wildman–Crippen MR) is 118 cm³/mol. The maximum absolute atomic E-state index is 14.5. The van der Waals surface area contributed by atoms with Crippen LogP contribution in [0.25, 0.3) is 0 Å². The van der Waals surface area contributed by atoms with Crippen molar-refractivity contribution in [3.8, 4) is 5.75 Å². The van der Waals surface area contributed by atoms with Crippen LogP contribution in [0.5, 0.6) is 5.75 Å². The Bertz CT molecular complexity index is 925. The summed E-state index contributed by atoms with van der Waals surface area (Å²) in [6.45, 7) is 6.39. The van der Waals surface area contributed by atoms with E-state index in [1.807, 2.05) is 25.7 Å². The number of halogens is 3. The largest absolute Gasteiger partial charge is 0.491 e. The van der Waals surface area contributed by atoms with E-state index in [1.165, 1.54) is 6.07 Å². The van der Waals surface area contributed by atoms with Crippen LogP contribution in [-0.4, -0.2) is 58.3 Å². The van der Waals surface area contributed by atoms with Gasteiger partial charge in [0.05, 0.1) is 27.8 Å². The zero-order chi connectivity index (χ0) is 22.5. The molecule has 2 fully saturated rings. The zero-order valence-corrected chi connectivity index (χ0v) is 19.8. The number of aliphatic hydroxyl groups excluding tert-OH is 1. The highest BCUT2D eigenvalue weighted by Crippen LogP contribution is 2.42. The third kappa shape index (κ3) is 4.48. The Labute approximate surface area is 193 Å². The summed E-state index contributed by atoms with van der Waals surface area (Å²) >= 11 is 9.02. The first-order chi connectivity index (χ1) is 14.5. The van der Waals surface area contributed by atoms with Crippen molar-refractivity contribution >= 4 is 44.6 Å². The van der Waals surface area contributed by atoms with Crippen LogP contribution in [0.4, 0.5) is 14.9 Å². The van der Waals surface area contributed by atoms with E-state index in [0.717, 1.165) is 12.8 Å². The summed E-state index contributed by atoms with van der Waals surface area (Å²) in [5.41, 5.74) is -0.378. The van der Waals surface area contributed by atoms with Crippen molar-refractivity contribution < 1.29 is 23.8 Å². The number of ether oxygens (including phenoxy) is 2. The van der Waals surface area contributed by atoms with E-state index in [-0.39, 0.29) is 57.6 Å². The summed E-state index contributed by atoms with van der Waals surface area (Å²) in [6, 6.07) is 1.32. The maximum Gasteiger partial charge on any atom is 0.410 e. The summed E-state index contributed by atoms with van der Waals surface area (Å²) in [7, 11) is 0. The van der Waals surface area contributed by atoms with Gasteiger partial charge in [-0.3, -0.25) is 4.90 Å². The number of carbonyl (C=O) groups excluding carboxylic acids is 1. The molecular formula is C20H25BrClFN4O4. The van der Waals surface area contributed by atoms with Crippen molar-refractivity contribution in [3.05, 3.63) is 21.9 Å². The number of amidine groups is 1. The normalized spacial score (nSPS) is 27.3. The Balaban J connectivity index is 1.52. The number of amides is 1.